The van der Waals surface area contributed by atoms with E-state index in [1.807, 2.05) is 0 Å². The number of aromatic nitrogens is 1. The first-order chi connectivity index (χ1) is 9.82. The number of halogens is 5. The summed E-state index contributed by atoms with van der Waals surface area (Å²) in [5.74, 6) is 4.06. The minimum atomic E-state index is -4.78. The molecule has 1 heterocycles. The highest BCUT2D eigenvalue weighted by molar-refractivity contribution is 6.29. The van der Waals surface area contributed by atoms with E-state index in [2.05, 4.69) is 10.4 Å². The molecule has 0 bridgehead atoms. The Morgan fingerprint density at radius 3 is 2.38 bits per heavy atom. The first-order valence-electron chi connectivity index (χ1n) is 5.77. The lowest BCUT2D eigenvalue weighted by atomic mass is 9.98. The fourth-order valence-electron chi connectivity index (χ4n) is 1.92. The Morgan fingerprint density at radius 2 is 1.81 bits per heavy atom. The van der Waals surface area contributed by atoms with Gasteiger partial charge in [0.15, 0.2) is 0 Å². The van der Waals surface area contributed by atoms with Crippen molar-refractivity contribution in [2.75, 3.05) is 0 Å². The zero-order valence-corrected chi connectivity index (χ0v) is 11.2. The third-order valence-electron chi connectivity index (χ3n) is 2.88. The first kappa shape index (κ1) is 15.7. The smallest absolute Gasteiger partial charge is 0.271 e. The molecule has 0 fully saturated rings. The van der Waals surface area contributed by atoms with Gasteiger partial charge in [-0.2, -0.15) is 13.2 Å². The predicted molar refractivity (Wildman–Crippen MR) is 69.8 cm³/mol. The van der Waals surface area contributed by atoms with Crippen LogP contribution < -0.4 is 11.3 Å². The Bertz CT molecular complexity index is 646. The molecule has 0 aliphatic heterocycles. The molecule has 0 aliphatic carbocycles. The van der Waals surface area contributed by atoms with E-state index in [1.54, 1.807) is 6.07 Å². The molecule has 0 aliphatic rings. The van der Waals surface area contributed by atoms with Crippen molar-refractivity contribution in [2.45, 2.75) is 12.2 Å². The van der Waals surface area contributed by atoms with E-state index < -0.39 is 23.6 Å². The van der Waals surface area contributed by atoms with Crippen LogP contribution in [-0.4, -0.2) is 4.98 Å². The lowest BCUT2D eigenvalue weighted by Crippen LogP contribution is -2.29. The molecule has 1 aromatic carbocycles. The van der Waals surface area contributed by atoms with Crippen LogP contribution in [0.25, 0.3) is 0 Å². The van der Waals surface area contributed by atoms with Crippen molar-refractivity contribution >= 4 is 11.6 Å². The maximum atomic E-state index is 13.3. The molecule has 21 heavy (non-hydrogen) atoms. The summed E-state index contributed by atoms with van der Waals surface area (Å²) in [5, 5.41) is 0.172. The third-order valence-corrected chi connectivity index (χ3v) is 3.09. The first-order valence-corrected chi connectivity index (χ1v) is 6.15. The lowest BCUT2D eigenvalue weighted by Gasteiger charge is -2.18. The van der Waals surface area contributed by atoms with Gasteiger partial charge in [0.05, 0.1) is 11.6 Å². The van der Waals surface area contributed by atoms with Crippen LogP contribution in [-0.2, 0) is 6.18 Å². The summed E-state index contributed by atoms with van der Waals surface area (Å²) in [7, 11) is 0. The molecule has 1 atom stereocenters. The summed E-state index contributed by atoms with van der Waals surface area (Å²) >= 11 is 5.74. The fraction of sp³-hybridized carbons (Fsp3) is 0.154. The molecule has 0 spiro atoms. The number of alkyl halides is 3. The number of hydrogen-bond donors (Lipinski definition) is 2. The summed E-state index contributed by atoms with van der Waals surface area (Å²) in [6.07, 6.45) is -3.38. The molecule has 8 heteroatoms. The van der Waals surface area contributed by atoms with E-state index in [4.69, 9.17) is 17.4 Å². The lowest BCUT2D eigenvalue weighted by molar-refractivity contribution is -0.140. The minimum absolute atomic E-state index is 0.161. The largest absolute Gasteiger partial charge is 0.419 e. The molecule has 0 saturated heterocycles. The summed E-state index contributed by atoms with van der Waals surface area (Å²) in [4.78, 5) is 3.78. The molecular weight excluding hydrogens is 310 g/mol. The summed E-state index contributed by atoms with van der Waals surface area (Å²) in [6.45, 7) is 0. The van der Waals surface area contributed by atoms with E-state index in [0.717, 1.165) is 6.07 Å². The van der Waals surface area contributed by atoms with E-state index in [-0.39, 0.29) is 10.7 Å². The Kier molecular flexibility index (Phi) is 4.46. The van der Waals surface area contributed by atoms with Crippen LogP contribution in [0.15, 0.2) is 36.5 Å². The van der Waals surface area contributed by atoms with Crippen molar-refractivity contribution in [1.29, 1.82) is 0 Å². The minimum Gasteiger partial charge on any atom is -0.271 e. The number of hydrazine groups is 1. The number of benzene rings is 1. The molecule has 0 saturated carbocycles. The average Bonchev–Trinajstić information content (AvgIpc) is 2.40. The zero-order chi connectivity index (χ0) is 15.6. The number of pyridine rings is 1. The number of hydrogen-bond acceptors (Lipinski definition) is 3. The van der Waals surface area contributed by atoms with Crippen molar-refractivity contribution in [2.24, 2.45) is 5.84 Å². The number of rotatable bonds is 3. The van der Waals surface area contributed by atoms with Gasteiger partial charge >= 0.3 is 6.18 Å². The summed E-state index contributed by atoms with van der Waals surface area (Å²) < 4.78 is 51.5. The van der Waals surface area contributed by atoms with Crippen molar-refractivity contribution in [3.8, 4) is 0 Å². The maximum Gasteiger partial charge on any atom is 0.419 e. The van der Waals surface area contributed by atoms with Crippen molar-refractivity contribution in [1.82, 2.24) is 10.4 Å². The Hall–Kier alpha value is -1.70. The molecule has 3 N–H and O–H groups in total. The van der Waals surface area contributed by atoms with E-state index in [0.29, 0.717) is 11.6 Å². The zero-order valence-electron chi connectivity index (χ0n) is 10.5. The van der Waals surface area contributed by atoms with Crippen molar-refractivity contribution < 1.29 is 17.6 Å². The second-order valence-corrected chi connectivity index (χ2v) is 4.64. The second kappa shape index (κ2) is 5.97. The highest BCUT2D eigenvalue weighted by Gasteiger charge is 2.34. The van der Waals surface area contributed by atoms with Gasteiger partial charge in [0.1, 0.15) is 11.0 Å². The Morgan fingerprint density at radius 1 is 1.14 bits per heavy atom. The SMILES string of the molecule is NNC(c1ccnc(Cl)c1)c1ccc(F)c(C(F)(F)F)c1. The normalized spacial score (nSPS) is 13.2. The Balaban J connectivity index is 2.49. The standard InChI is InChI=1S/C13H10ClF4N3/c14-11-6-8(3-4-20-11)12(21-19)7-1-2-10(15)9(5-7)13(16,17)18/h1-6,12,21H,19H2. The highest BCUT2D eigenvalue weighted by atomic mass is 35.5. The van der Waals surface area contributed by atoms with Crippen molar-refractivity contribution in [3.63, 3.8) is 0 Å². The van der Waals surface area contributed by atoms with Crippen LogP contribution >= 0.6 is 11.6 Å². The van der Waals surface area contributed by atoms with Gasteiger partial charge in [-0.1, -0.05) is 17.7 Å². The van der Waals surface area contributed by atoms with E-state index >= 15 is 0 Å². The third kappa shape index (κ3) is 3.49. The molecular formula is C13H10ClF4N3. The van der Waals surface area contributed by atoms with Gasteiger partial charge in [-0.3, -0.25) is 5.84 Å². The van der Waals surface area contributed by atoms with Crippen LogP contribution in [0.5, 0.6) is 0 Å². The van der Waals surface area contributed by atoms with Gasteiger partial charge in [-0.05, 0) is 35.4 Å². The molecule has 3 nitrogen and oxygen atoms in total. The van der Waals surface area contributed by atoms with Crippen molar-refractivity contribution in [3.05, 3.63) is 64.2 Å². The van der Waals surface area contributed by atoms with E-state index in [1.165, 1.54) is 18.3 Å². The van der Waals surface area contributed by atoms with Gasteiger partial charge in [0.2, 0.25) is 0 Å². The molecule has 2 aromatic rings. The number of nitrogens with one attached hydrogen (secondary N) is 1. The van der Waals surface area contributed by atoms with Gasteiger partial charge in [-0.25, -0.2) is 14.8 Å². The van der Waals surface area contributed by atoms with Gasteiger partial charge in [0.25, 0.3) is 0 Å². The number of nitrogens with zero attached hydrogens (tertiary/aromatic N) is 1. The number of nitrogens with two attached hydrogens (primary N) is 1. The molecule has 112 valence electrons. The van der Waals surface area contributed by atoms with Crippen LogP contribution in [0, 0.1) is 5.82 Å². The monoisotopic (exact) mass is 319 g/mol. The molecule has 2 rings (SSSR count). The van der Waals surface area contributed by atoms with Gasteiger partial charge in [-0.15, -0.1) is 0 Å². The van der Waals surface area contributed by atoms with Crippen LogP contribution in [0.3, 0.4) is 0 Å². The highest BCUT2D eigenvalue weighted by Crippen LogP contribution is 2.34. The maximum absolute atomic E-state index is 13.3. The topological polar surface area (TPSA) is 50.9 Å². The predicted octanol–water partition coefficient (Wildman–Crippen LogP) is 3.45. The summed E-state index contributed by atoms with van der Waals surface area (Å²) in [6, 6.07) is 4.94. The average molecular weight is 320 g/mol. The van der Waals surface area contributed by atoms with E-state index in [9.17, 15) is 17.6 Å². The second-order valence-electron chi connectivity index (χ2n) is 4.25. The molecule has 0 amide bonds. The Labute approximate surface area is 122 Å². The fourth-order valence-corrected chi connectivity index (χ4v) is 2.10. The quantitative estimate of drug-likeness (QED) is 0.394. The van der Waals surface area contributed by atoms with Crippen LogP contribution in [0.4, 0.5) is 17.6 Å². The summed E-state index contributed by atoms with van der Waals surface area (Å²) in [5.41, 5.74) is 1.71. The van der Waals surface area contributed by atoms with Gasteiger partial charge < -0.3 is 0 Å². The molecule has 0 radical (unpaired) electrons. The van der Waals surface area contributed by atoms with Crippen LogP contribution in [0.2, 0.25) is 5.15 Å². The molecule has 1 aromatic heterocycles. The van der Waals surface area contributed by atoms with Crippen LogP contribution in [0.1, 0.15) is 22.7 Å². The molecule has 1 unspecified atom stereocenters. The van der Waals surface area contributed by atoms with Gasteiger partial charge in [0, 0.05) is 6.20 Å².